The van der Waals surface area contributed by atoms with Crippen LogP contribution in [0.15, 0.2) is 18.2 Å². The van der Waals surface area contributed by atoms with Gasteiger partial charge in [0.15, 0.2) is 11.5 Å². The monoisotopic (exact) mass is 254 g/mol. The van der Waals surface area contributed by atoms with E-state index in [1.54, 1.807) is 18.2 Å². The van der Waals surface area contributed by atoms with E-state index in [0.717, 1.165) is 26.2 Å². The molecule has 0 amide bonds. The number of alkyl halides is 1. The molecule has 0 aromatic heterocycles. The van der Waals surface area contributed by atoms with Crippen molar-refractivity contribution >= 4 is 0 Å². The molecular formula is C13H19FN2O2. The molecule has 2 rings (SSSR count). The Morgan fingerprint density at radius 2 is 2.17 bits per heavy atom. The second-order valence-corrected chi connectivity index (χ2v) is 4.35. The Bertz CT molecular complexity index is 395. The third-order valence-electron chi connectivity index (χ3n) is 3.35. The SMILES string of the molecule is COc1cccc([C@@H](CF)N2CCNCC2)c1O. The van der Waals surface area contributed by atoms with Gasteiger partial charge in [0, 0.05) is 31.7 Å². The minimum absolute atomic E-state index is 0.0428. The van der Waals surface area contributed by atoms with E-state index in [2.05, 4.69) is 5.32 Å². The van der Waals surface area contributed by atoms with E-state index in [1.807, 2.05) is 4.90 Å². The first kappa shape index (κ1) is 13.1. The van der Waals surface area contributed by atoms with Gasteiger partial charge in [0.1, 0.15) is 6.67 Å². The van der Waals surface area contributed by atoms with Crippen molar-refractivity contribution in [3.8, 4) is 11.5 Å². The number of phenolic OH excluding ortho intramolecular Hbond substituents is 1. The van der Waals surface area contributed by atoms with Crippen molar-refractivity contribution in [3.63, 3.8) is 0 Å². The number of rotatable bonds is 4. The third-order valence-corrected chi connectivity index (χ3v) is 3.35. The number of aromatic hydroxyl groups is 1. The fourth-order valence-corrected chi connectivity index (χ4v) is 2.34. The van der Waals surface area contributed by atoms with Gasteiger partial charge in [-0.15, -0.1) is 0 Å². The Morgan fingerprint density at radius 3 is 2.78 bits per heavy atom. The topological polar surface area (TPSA) is 44.7 Å². The lowest BCUT2D eigenvalue weighted by molar-refractivity contribution is 0.145. The highest BCUT2D eigenvalue weighted by molar-refractivity contribution is 5.47. The van der Waals surface area contributed by atoms with Crippen molar-refractivity contribution in [3.05, 3.63) is 23.8 Å². The summed E-state index contributed by atoms with van der Waals surface area (Å²) in [5.41, 5.74) is 0.596. The smallest absolute Gasteiger partial charge is 0.162 e. The number of nitrogens with zero attached hydrogens (tertiary/aromatic N) is 1. The number of nitrogens with one attached hydrogen (secondary N) is 1. The van der Waals surface area contributed by atoms with E-state index in [1.165, 1.54) is 7.11 Å². The van der Waals surface area contributed by atoms with Gasteiger partial charge in [-0.1, -0.05) is 12.1 Å². The zero-order chi connectivity index (χ0) is 13.0. The summed E-state index contributed by atoms with van der Waals surface area (Å²) >= 11 is 0. The number of piperazine rings is 1. The molecule has 1 aliphatic rings. The number of benzene rings is 1. The summed E-state index contributed by atoms with van der Waals surface area (Å²) in [6, 6.07) is 4.80. The van der Waals surface area contributed by atoms with Crippen LogP contribution < -0.4 is 10.1 Å². The van der Waals surface area contributed by atoms with Crippen molar-refractivity contribution in [1.29, 1.82) is 0 Å². The molecule has 1 aromatic carbocycles. The van der Waals surface area contributed by atoms with Gasteiger partial charge in [-0.2, -0.15) is 0 Å². The summed E-state index contributed by atoms with van der Waals surface area (Å²) in [4.78, 5) is 2.05. The minimum atomic E-state index is -0.513. The molecule has 1 fully saturated rings. The lowest BCUT2D eigenvalue weighted by Crippen LogP contribution is -2.45. The van der Waals surface area contributed by atoms with E-state index < -0.39 is 12.7 Å². The molecule has 1 aromatic rings. The summed E-state index contributed by atoms with van der Waals surface area (Å²) in [5, 5.41) is 13.3. The van der Waals surface area contributed by atoms with Crippen molar-refractivity contribution < 1.29 is 14.2 Å². The normalized spacial score (nSPS) is 18.6. The van der Waals surface area contributed by atoms with Gasteiger partial charge in [-0.3, -0.25) is 4.90 Å². The summed E-state index contributed by atoms with van der Waals surface area (Å²) in [5.74, 6) is 0.433. The van der Waals surface area contributed by atoms with Crippen LogP contribution in [0.1, 0.15) is 11.6 Å². The molecule has 0 radical (unpaired) electrons. The summed E-state index contributed by atoms with van der Waals surface area (Å²) in [6.07, 6.45) is 0. The second-order valence-electron chi connectivity index (χ2n) is 4.35. The molecule has 0 aliphatic carbocycles. The number of hydrogen-bond acceptors (Lipinski definition) is 4. The first-order chi connectivity index (χ1) is 8.77. The lowest BCUT2D eigenvalue weighted by Gasteiger charge is -2.34. The van der Waals surface area contributed by atoms with Crippen LogP contribution in [-0.4, -0.2) is 50.0 Å². The fraction of sp³-hybridized carbons (Fsp3) is 0.538. The maximum atomic E-state index is 13.3. The van der Waals surface area contributed by atoms with E-state index in [9.17, 15) is 9.50 Å². The molecule has 1 atom stereocenters. The summed E-state index contributed by atoms with van der Waals surface area (Å²) in [7, 11) is 1.49. The van der Waals surface area contributed by atoms with Gasteiger partial charge < -0.3 is 15.2 Å². The largest absolute Gasteiger partial charge is 0.504 e. The van der Waals surface area contributed by atoms with Gasteiger partial charge in [-0.05, 0) is 6.07 Å². The number of ether oxygens (including phenoxy) is 1. The molecule has 1 heterocycles. The minimum Gasteiger partial charge on any atom is -0.504 e. The number of hydrogen-bond donors (Lipinski definition) is 2. The van der Waals surface area contributed by atoms with E-state index in [0.29, 0.717) is 11.3 Å². The van der Waals surface area contributed by atoms with E-state index >= 15 is 0 Å². The molecule has 0 bridgehead atoms. The Kier molecular flexibility index (Phi) is 4.38. The van der Waals surface area contributed by atoms with Gasteiger partial charge in [0.25, 0.3) is 0 Å². The molecule has 0 unspecified atom stereocenters. The van der Waals surface area contributed by atoms with Crippen molar-refractivity contribution in [1.82, 2.24) is 10.2 Å². The number of phenols is 1. The Balaban J connectivity index is 2.26. The molecule has 4 nitrogen and oxygen atoms in total. The number of methoxy groups -OCH3 is 1. The highest BCUT2D eigenvalue weighted by Gasteiger charge is 2.25. The average Bonchev–Trinajstić information content (AvgIpc) is 2.43. The zero-order valence-corrected chi connectivity index (χ0v) is 10.5. The van der Waals surface area contributed by atoms with Crippen LogP contribution in [0.25, 0.3) is 0 Å². The van der Waals surface area contributed by atoms with Crippen LogP contribution in [-0.2, 0) is 0 Å². The fourth-order valence-electron chi connectivity index (χ4n) is 2.34. The maximum absolute atomic E-state index is 13.3. The van der Waals surface area contributed by atoms with E-state index in [4.69, 9.17) is 4.74 Å². The Hall–Kier alpha value is -1.33. The van der Waals surface area contributed by atoms with Crippen molar-refractivity contribution in [2.75, 3.05) is 40.0 Å². The lowest BCUT2D eigenvalue weighted by atomic mass is 10.0. The first-order valence-electron chi connectivity index (χ1n) is 6.14. The van der Waals surface area contributed by atoms with Crippen LogP contribution in [0.3, 0.4) is 0 Å². The predicted octanol–water partition coefficient (Wildman–Crippen LogP) is 1.32. The first-order valence-corrected chi connectivity index (χ1v) is 6.14. The molecule has 0 saturated carbocycles. The third kappa shape index (κ3) is 2.57. The number of para-hydroxylation sites is 1. The molecule has 1 saturated heterocycles. The van der Waals surface area contributed by atoms with Crippen LogP contribution in [0.4, 0.5) is 4.39 Å². The van der Waals surface area contributed by atoms with Gasteiger partial charge in [0.05, 0.1) is 13.2 Å². The Morgan fingerprint density at radius 1 is 1.44 bits per heavy atom. The molecule has 18 heavy (non-hydrogen) atoms. The van der Waals surface area contributed by atoms with Crippen LogP contribution in [0, 0.1) is 0 Å². The quantitative estimate of drug-likeness (QED) is 0.850. The summed E-state index contributed by atoms with van der Waals surface area (Å²) < 4.78 is 18.4. The van der Waals surface area contributed by atoms with Gasteiger partial charge in [0.2, 0.25) is 0 Å². The predicted molar refractivity (Wildman–Crippen MR) is 67.8 cm³/mol. The van der Waals surface area contributed by atoms with Gasteiger partial charge >= 0.3 is 0 Å². The van der Waals surface area contributed by atoms with Crippen molar-refractivity contribution in [2.24, 2.45) is 0 Å². The van der Waals surface area contributed by atoms with Gasteiger partial charge in [-0.25, -0.2) is 4.39 Å². The molecule has 0 spiro atoms. The Labute approximate surface area is 106 Å². The van der Waals surface area contributed by atoms with Crippen LogP contribution in [0.5, 0.6) is 11.5 Å². The highest BCUT2D eigenvalue weighted by Crippen LogP contribution is 2.36. The average molecular weight is 254 g/mol. The molecule has 1 aliphatic heterocycles. The standard InChI is InChI=1S/C13H19FN2O2/c1-18-12-4-2-3-10(13(12)17)11(9-14)16-7-5-15-6-8-16/h2-4,11,15,17H,5-9H2,1H3/t11-/m1/s1. The highest BCUT2D eigenvalue weighted by atomic mass is 19.1. The molecule has 2 N–H and O–H groups in total. The second kappa shape index (κ2) is 6.02. The molecule has 100 valence electrons. The van der Waals surface area contributed by atoms with Crippen LogP contribution >= 0.6 is 0 Å². The maximum Gasteiger partial charge on any atom is 0.162 e. The number of halogens is 1. The van der Waals surface area contributed by atoms with Crippen molar-refractivity contribution in [2.45, 2.75) is 6.04 Å². The summed E-state index contributed by atoms with van der Waals surface area (Å²) in [6.45, 7) is 2.75. The molecule has 5 heteroatoms. The van der Waals surface area contributed by atoms with E-state index in [-0.39, 0.29) is 5.75 Å². The molecular weight excluding hydrogens is 235 g/mol. The van der Waals surface area contributed by atoms with Crippen LogP contribution in [0.2, 0.25) is 0 Å². The zero-order valence-electron chi connectivity index (χ0n) is 10.5.